The van der Waals surface area contributed by atoms with Crippen molar-refractivity contribution in [1.82, 2.24) is 4.90 Å². The van der Waals surface area contributed by atoms with Crippen molar-refractivity contribution < 1.29 is 24.2 Å². The van der Waals surface area contributed by atoms with Gasteiger partial charge in [-0.15, -0.1) is 0 Å². The van der Waals surface area contributed by atoms with Crippen molar-refractivity contribution in [3.63, 3.8) is 0 Å². The number of piperazine rings is 1. The zero-order chi connectivity index (χ0) is 31.5. The number of carbonyl (C=O) groups is 2. The van der Waals surface area contributed by atoms with Gasteiger partial charge in [0.2, 0.25) is 5.91 Å². The summed E-state index contributed by atoms with van der Waals surface area (Å²) in [5.41, 5.74) is 7.49. The van der Waals surface area contributed by atoms with Gasteiger partial charge in [-0.1, -0.05) is 66.0 Å². The number of hydrogen-bond acceptors (Lipinski definition) is 7. The average Bonchev–Trinajstić information content (AvgIpc) is 3.00. The van der Waals surface area contributed by atoms with Gasteiger partial charge in [-0.2, -0.15) is 0 Å². The van der Waals surface area contributed by atoms with E-state index in [4.69, 9.17) is 20.3 Å². The number of aliphatic hydroxyl groups is 1. The number of nitrogens with two attached hydrogens (primary N) is 1. The van der Waals surface area contributed by atoms with Crippen LogP contribution in [0.2, 0.25) is 0 Å². The van der Waals surface area contributed by atoms with Crippen molar-refractivity contribution in [2.24, 2.45) is 11.1 Å². The number of hydrogen-bond donors (Lipinski definition) is 2. The second kappa shape index (κ2) is 26.9. The molecule has 0 atom stereocenters. The molecule has 8 nitrogen and oxygen atoms in total. The molecule has 41 heavy (non-hydrogen) atoms. The summed E-state index contributed by atoms with van der Waals surface area (Å²) >= 11 is 0. The van der Waals surface area contributed by atoms with Gasteiger partial charge in [0, 0.05) is 65.2 Å². The Hall–Kier alpha value is -2.00. The Bertz CT molecular complexity index is 742. The molecule has 0 radical (unpaired) electrons. The Balaban J connectivity index is 0. The standard InChI is InChI=1S/C15H24N2O.C10H17NO3.C5H12.C2H6.CH4O/c1-3-12-18-13-14-4-6-15(7-5-14)17-10-8-16(2)9-11-17;1-8(12)2-3-10(9(11)13)4-6-14-7-5-10;1-3-5-4-2;2*1-2/h4-7H,3,8-13H2,1-2H3;2-7H2,1H3,(H2,11,13);3-5H2,1-2H3;1-2H3;2H,1H3. The lowest BCUT2D eigenvalue weighted by molar-refractivity contribution is -0.134. The van der Waals surface area contributed by atoms with Crippen LogP contribution in [0.15, 0.2) is 24.3 Å². The van der Waals surface area contributed by atoms with E-state index in [9.17, 15) is 9.59 Å². The Morgan fingerprint density at radius 3 is 1.90 bits per heavy atom. The fourth-order valence-electron chi connectivity index (χ4n) is 4.35. The molecule has 240 valence electrons. The minimum atomic E-state index is -0.496. The second-order valence-corrected chi connectivity index (χ2v) is 10.3. The number of unbranched alkanes of at least 4 members (excludes halogenated alkanes) is 2. The van der Waals surface area contributed by atoms with Crippen molar-refractivity contribution >= 4 is 17.4 Å². The number of carbonyl (C=O) groups excluding carboxylic acids is 2. The van der Waals surface area contributed by atoms with Crippen LogP contribution < -0.4 is 10.6 Å². The minimum Gasteiger partial charge on any atom is -0.400 e. The van der Waals surface area contributed by atoms with Gasteiger partial charge in [0.25, 0.3) is 0 Å². The number of anilines is 1. The molecular formula is C33H63N3O5. The molecule has 1 aromatic rings. The fraction of sp³-hybridized carbons (Fsp3) is 0.758. The van der Waals surface area contributed by atoms with Gasteiger partial charge in [-0.3, -0.25) is 4.79 Å². The monoisotopic (exact) mass is 581 g/mol. The highest BCUT2D eigenvalue weighted by atomic mass is 16.5. The topological polar surface area (TPSA) is 105 Å². The molecule has 0 aliphatic carbocycles. The molecule has 2 heterocycles. The summed E-state index contributed by atoms with van der Waals surface area (Å²) in [7, 11) is 3.19. The zero-order valence-electron chi connectivity index (χ0n) is 27.7. The van der Waals surface area contributed by atoms with Crippen LogP contribution >= 0.6 is 0 Å². The average molecular weight is 582 g/mol. The van der Waals surface area contributed by atoms with E-state index in [-0.39, 0.29) is 11.7 Å². The molecule has 0 bridgehead atoms. The van der Waals surface area contributed by atoms with E-state index in [1.807, 2.05) is 13.8 Å². The maximum Gasteiger partial charge on any atom is 0.223 e. The zero-order valence-corrected chi connectivity index (χ0v) is 27.7. The predicted molar refractivity (Wildman–Crippen MR) is 172 cm³/mol. The first-order valence-corrected chi connectivity index (χ1v) is 15.7. The number of aliphatic hydroxyl groups excluding tert-OH is 1. The largest absolute Gasteiger partial charge is 0.400 e. The van der Waals surface area contributed by atoms with E-state index in [0.717, 1.165) is 52.9 Å². The Kier molecular flexibility index (Phi) is 27.0. The molecule has 2 aliphatic heterocycles. The first kappa shape index (κ1) is 41.1. The first-order valence-electron chi connectivity index (χ1n) is 15.7. The van der Waals surface area contributed by atoms with Crippen molar-refractivity contribution in [3.05, 3.63) is 29.8 Å². The lowest BCUT2D eigenvalue weighted by Gasteiger charge is -2.34. The highest BCUT2D eigenvalue weighted by Gasteiger charge is 2.38. The molecule has 1 aromatic carbocycles. The lowest BCUT2D eigenvalue weighted by Crippen LogP contribution is -2.44. The van der Waals surface area contributed by atoms with E-state index in [0.29, 0.717) is 38.9 Å². The van der Waals surface area contributed by atoms with Crippen LogP contribution in [0.1, 0.15) is 98.5 Å². The van der Waals surface area contributed by atoms with Crippen LogP contribution in [-0.2, 0) is 25.7 Å². The predicted octanol–water partition coefficient (Wildman–Crippen LogP) is 5.83. The smallest absolute Gasteiger partial charge is 0.223 e. The lowest BCUT2D eigenvalue weighted by atomic mass is 9.75. The van der Waals surface area contributed by atoms with Crippen molar-refractivity contribution in [2.45, 2.75) is 99.5 Å². The van der Waals surface area contributed by atoms with Crippen LogP contribution in [0.25, 0.3) is 0 Å². The van der Waals surface area contributed by atoms with Crippen molar-refractivity contribution in [3.8, 4) is 0 Å². The first-order chi connectivity index (χ1) is 19.8. The molecule has 0 saturated carbocycles. The van der Waals surface area contributed by atoms with Crippen molar-refractivity contribution in [1.29, 1.82) is 0 Å². The van der Waals surface area contributed by atoms with Crippen LogP contribution in [0.5, 0.6) is 0 Å². The van der Waals surface area contributed by atoms with Gasteiger partial charge < -0.3 is 34.9 Å². The number of nitrogens with zero attached hydrogens (tertiary/aromatic N) is 2. The van der Waals surface area contributed by atoms with E-state index in [2.05, 4.69) is 61.9 Å². The van der Waals surface area contributed by atoms with Gasteiger partial charge >= 0.3 is 0 Å². The van der Waals surface area contributed by atoms with Crippen molar-refractivity contribution in [2.75, 3.05) is 65.1 Å². The summed E-state index contributed by atoms with van der Waals surface area (Å²) in [6, 6.07) is 8.80. The summed E-state index contributed by atoms with van der Waals surface area (Å²) in [4.78, 5) is 27.0. The molecule has 2 aliphatic rings. The summed E-state index contributed by atoms with van der Waals surface area (Å²) in [5.74, 6) is -0.181. The summed E-state index contributed by atoms with van der Waals surface area (Å²) in [5, 5.41) is 7.00. The van der Waals surface area contributed by atoms with E-state index < -0.39 is 5.41 Å². The molecule has 3 N–H and O–H groups in total. The SMILES string of the molecule is CC.CC(=O)CCC1(C(N)=O)CCOCC1.CCCCC.CCCOCc1ccc(N2CCN(C)CC2)cc1.CO. The molecular weight excluding hydrogens is 518 g/mol. The Morgan fingerprint density at radius 1 is 0.951 bits per heavy atom. The van der Waals surface area contributed by atoms with Crippen LogP contribution in [0, 0.1) is 5.41 Å². The van der Waals surface area contributed by atoms with Gasteiger partial charge in [0.15, 0.2) is 0 Å². The van der Waals surface area contributed by atoms with E-state index in [1.165, 1.54) is 37.4 Å². The number of primary amides is 1. The Morgan fingerprint density at radius 2 is 1.49 bits per heavy atom. The molecule has 2 saturated heterocycles. The number of ether oxygens (including phenoxy) is 2. The normalized spacial score (nSPS) is 15.8. The molecule has 0 spiro atoms. The van der Waals surface area contributed by atoms with E-state index in [1.54, 1.807) is 0 Å². The van der Waals surface area contributed by atoms with E-state index >= 15 is 0 Å². The quantitative estimate of drug-likeness (QED) is 0.317. The van der Waals surface area contributed by atoms with Gasteiger partial charge in [-0.25, -0.2) is 0 Å². The minimum absolute atomic E-state index is 0.108. The molecule has 0 unspecified atom stereocenters. The number of amides is 1. The summed E-state index contributed by atoms with van der Waals surface area (Å²) in [6.45, 7) is 19.4. The van der Waals surface area contributed by atoms with Gasteiger partial charge in [0.1, 0.15) is 5.78 Å². The van der Waals surface area contributed by atoms with Crippen LogP contribution in [0.3, 0.4) is 0 Å². The highest BCUT2D eigenvalue weighted by Crippen LogP contribution is 2.35. The summed E-state index contributed by atoms with van der Waals surface area (Å²) in [6.07, 6.45) is 7.46. The molecule has 3 rings (SSSR count). The maximum absolute atomic E-state index is 11.3. The van der Waals surface area contributed by atoms with Gasteiger partial charge in [-0.05, 0) is 57.4 Å². The number of benzene rings is 1. The molecule has 8 heteroatoms. The summed E-state index contributed by atoms with van der Waals surface area (Å²) < 4.78 is 10.7. The third-order valence-corrected chi connectivity index (χ3v) is 7.06. The number of Topliss-reactive ketones (excluding diaryl/α,β-unsaturated/α-hetero) is 1. The Labute approximate surface area is 252 Å². The number of ketones is 1. The fourth-order valence-corrected chi connectivity index (χ4v) is 4.35. The molecule has 0 aromatic heterocycles. The van der Waals surface area contributed by atoms with Crippen LogP contribution in [-0.4, -0.2) is 81.9 Å². The number of rotatable bonds is 11. The van der Waals surface area contributed by atoms with Gasteiger partial charge in [0.05, 0.1) is 12.0 Å². The highest BCUT2D eigenvalue weighted by molar-refractivity contribution is 5.82. The third kappa shape index (κ3) is 18.9. The molecule has 2 fully saturated rings. The maximum atomic E-state index is 11.3. The number of likely N-dealkylation sites (N-methyl/N-ethyl adjacent to an activating group) is 1. The molecule has 1 amide bonds. The second-order valence-electron chi connectivity index (χ2n) is 10.3. The van der Waals surface area contributed by atoms with Crippen LogP contribution in [0.4, 0.5) is 5.69 Å². The third-order valence-electron chi connectivity index (χ3n) is 7.06.